The number of hydrogen-bond donors (Lipinski definition) is 1. The first-order chi connectivity index (χ1) is 8.89. The van der Waals surface area contributed by atoms with Gasteiger partial charge < -0.3 is 9.84 Å². The Labute approximate surface area is 120 Å². The van der Waals surface area contributed by atoms with Gasteiger partial charge in [-0.05, 0) is 18.2 Å². The van der Waals surface area contributed by atoms with Crippen molar-refractivity contribution in [2.45, 2.75) is 31.0 Å². The van der Waals surface area contributed by atoms with E-state index in [2.05, 4.69) is 15.9 Å². The zero-order valence-corrected chi connectivity index (χ0v) is 12.7. The Hall–Kier alpha value is -0.590. The molecule has 1 fully saturated rings. The maximum atomic E-state index is 11.5. The third kappa shape index (κ3) is 2.53. The fourth-order valence-corrected chi connectivity index (χ4v) is 4.78. The molecule has 1 N–H and O–H groups in total. The first-order valence-corrected chi connectivity index (χ1v) is 8.88. The van der Waals surface area contributed by atoms with Crippen molar-refractivity contribution < 1.29 is 18.3 Å². The topological polar surface area (TPSA) is 63.6 Å². The van der Waals surface area contributed by atoms with Crippen LogP contribution in [0.4, 0.5) is 0 Å². The van der Waals surface area contributed by atoms with E-state index in [9.17, 15) is 13.5 Å². The van der Waals surface area contributed by atoms with Gasteiger partial charge >= 0.3 is 0 Å². The fraction of sp³-hybridized carbons (Fsp3) is 0.538. The van der Waals surface area contributed by atoms with Gasteiger partial charge in [0, 0.05) is 29.3 Å². The van der Waals surface area contributed by atoms with Gasteiger partial charge in [-0.25, -0.2) is 8.42 Å². The number of aliphatic hydroxyl groups is 1. The van der Waals surface area contributed by atoms with E-state index in [1.807, 2.05) is 18.2 Å². The highest BCUT2D eigenvalue weighted by molar-refractivity contribution is 9.10. The van der Waals surface area contributed by atoms with E-state index in [-0.39, 0.29) is 11.5 Å². The Balaban J connectivity index is 1.91. The van der Waals surface area contributed by atoms with E-state index in [1.165, 1.54) is 0 Å². The van der Waals surface area contributed by atoms with Crippen LogP contribution in [0.3, 0.4) is 0 Å². The van der Waals surface area contributed by atoms with Crippen LogP contribution in [0.5, 0.6) is 5.75 Å². The number of hydrogen-bond acceptors (Lipinski definition) is 4. The summed E-state index contributed by atoms with van der Waals surface area (Å²) in [5, 5.41) is 10.3. The predicted octanol–water partition coefficient (Wildman–Crippen LogP) is 2.21. The molecular weight excluding hydrogens is 332 g/mol. The summed E-state index contributed by atoms with van der Waals surface area (Å²) in [5.74, 6) is 0.957. The van der Waals surface area contributed by atoms with E-state index in [0.29, 0.717) is 25.0 Å². The lowest BCUT2D eigenvalue weighted by atomic mass is 9.84. The van der Waals surface area contributed by atoms with Crippen molar-refractivity contribution in [3.8, 4) is 5.75 Å². The second kappa shape index (κ2) is 4.46. The van der Waals surface area contributed by atoms with Crippen molar-refractivity contribution in [1.82, 2.24) is 0 Å². The maximum Gasteiger partial charge on any atom is 0.150 e. The first kappa shape index (κ1) is 13.4. The molecule has 2 aliphatic heterocycles. The van der Waals surface area contributed by atoms with Gasteiger partial charge in [-0.15, -0.1) is 0 Å². The molecule has 1 aromatic rings. The molecule has 0 saturated carbocycles. The number of ether oxygens (including phenoxy) is 1. The number of rotatable bonds is 0. The Kier molecular flexibility index (Phi) is 3.15. The van der Waals surface area contributed by atoms with Gasteiger partial charge in [0.25, 0.3) is 0 Å². The summed E-state index contributed by atoms with van der Waals surface area (Å²) in [5.41, 5.74) is 0.249. The van der Waals surface area contributed by atoms with Gasteiger partial charge in [0.15, 0.2) is 9.84 Å². The molecule has 0 unspecified atom stereocenters. The minimum Gasteiger partial charge on any atom is -0.487 e. The molecule has 0 amide bonds. The predicted molar refractivity (Wildman–Crippen MR) is 75.0 cm³/mol. The van der Waals surface area contributed by atoms with Gasteiger partial charge in [0.2, 0.25) is 0 Å². The normalized spacial score (nSPS) is 27.6. The third-order valence-corrected chi connectivity index (χ3v) is 6.11. The molecule has 0 aliphatic carbocycles. The highest BCUT2D eigenvalue weighted by Crippen LogP contribution is 2.45. The average molecular weight is 347 g/mol. The number of aliphatic hydroxyl groups excluding tert-OH is 1. The SMILES string of the molecule is O=S1(=O)CCC2(CC1)C[C@H](O)c1cc(Br)ccc1O2. The van der Waals surface area contributed by atoms with Crippen LogP contribution in [0.15, 0.2) is 22.7 Å². The van der Waals surface area contributed by atoms with E-state index >= 15 is 0 Å². The monoisotopic (exact) mass is 346 g/mol. The van der Waals surface area contributed by atoms with E-state index in [0.717, 1.165) is 10.0 Å². The van der Waals surface area contributed by atoms with E-state index in [4.69, 9.17) is 4.74 Å². The summed E-state index contributed by atoms with van der Waals surface area (Å²) >= 11 is 3.37. The second-order valence-electron chi connectivity index (χ2n) is 5.34. The Morgan fingerprint density at radius 1 is 1.32 bits per heavy atom. The molecule has 3 rings (SSSR count). The van der Waals surface area contributed by atoms with Crippen molar-refractivity contribution >= 4 is 25.8 Å². The van der Waals surface area contributed by atoms with Crippen molar-refractivity contribution in [2.75, 3.05) is 11.5 Å². The molecule has 2 heterocycles. The van der Waals surface area contributed by atoms with Gasteiger partial charge in [-0.2, -0.15) is 0 Å². The molecule has 104 valence electrons. The fourth-order valence-electron chi connectivity index (χ4n) is 2.83. The van der Waals surface area contributed by atoms with Gasteiger partial charge in [0.1, 0.15) is 11.4 Å². The van der Waals surface area contributed by atoms with Crippen LogP contribution in [0.2, 0.25) is 0 Å². The van der Waals surface area contributed by atoms with Gasteiger partial charge in [-0.1, -0.05) is 15.9 Å². The summed E-state index contributed by atoms with van der Waals surface area (Å²) in [6.07, 6.45) is 0.789. The molecular formula is C13H15BrO4S. The molecule has 1 atom stereocenters. The Morgan fingerprint density at radius 3 is 2.68 bits per heavy atom. The largest absolute Gasteiger partial charge is 0.487 e. The van der Waals surface area contributed by atoms with Gasteiger partial charge in [0.05, 0.1) is 17.6 Å². The van der Waals surface area contributed by atoms with Crippen molar-refractivity contribution in [3.63, 3.8) is 0 Å². The lowest BCUT2D eigenvalue weighted by molar-refractivity contribution is -0.0208. The van der Waals surface area contributed by atoms with Gasteiger partial charge in [-0.3, -0.25) is 0 Å². The molecule has 1 saturated heterocycles. The molecule has 1 spiro atoms. The van der Waals surface area contributed by atoms with Crippen LogP contribution in [0, 0.1) is 0 Å². The minimum atomic E-state index is -2.93. The number of halogens is 1. The Morgan fingerprint density at radius 2 is 2.00 bits per heavy atom. The van der Waals surface area contributed by atoms with Crippen molar-refractivity contribution in [1.29, 1.82) is 0 Å². The molecule has 4 nitrogen and oxygen atoms in total. The van der Waals surface area contributed by atoms with Crippen LogP contribution < -0.4 is 4.74 Å². The number of benzene rings is 1. The Bertz CT molecular complexity index is 597. The minimum absolute atomic E-state index is 0.144. The number of sulfone groups is 1. The zero-order chi connectivity index (χ0) is 13.7. The van der Waals surface area contributed by atoms with Crippen molar-refractivity contribution in [2.24, 2.45) is 0 Å². The molecule has 1 aromatic carbocycles. The first-order valence-electron chi connectivity index (χ1n) is 6.26. The van der Waals surface area contributed by atoms with Crippen LogP contribution >= 0.6 is 15.9 Å². The molecule has 6 heteroatoms. The molecule has 2 aliphatic rings. The summed E-state index contributed by atoms with van der Waals surface area (Å²) in [6, 6.07) is 5.54. The molecule has 0 bridgehead atoms. The van der Waals surface area contributed by atoms with E-state index in [1.54, 1.807) is 0 Å². The molecule has 0 aromatic heterocycles. The standard InChI is InChI=1S/C13H15BrO4S/c14-9-1-2-12-10(7-9)11(15)8-13(18-12)3-5-19(16,17)6-4-13/h1-2,7,11,15H,3-6,8H2/t11-/m0/s1. The lowest BCUT2D eigenvalue weighted by Gasteiger charge is -2.43. The maximum absolute atomic E-state index is 11.5. The number of fused-ring (bicyclic) bond motifs is 1. The summed E-state index contributed by atoms with van der Waals surface area (Å²) in [6.45, 7) is 0. The highest BCUT2D eigenvalue weighted by Gasteiger charge is 2.44. The van der Waals surface area contributed by atoms with Crippen LogP contribution in [-0.4, -0.2) is 30.6 Å². The van der Waals surface area contributed by atoms with Crippen LogP contribution in [-0.2, 0) is 9.84 Å². The summed E-state index contributed by atoms with van der Waals surface area (Å²) in [4.78, 5) is 0. The lowest BCUT2D eigenvalue weighted by Crippen LogP contribution is -2.47. The van der Waals surface area contributed by atoms with E-state index < -0.39 is 21.5 Å². The van der Waals surface area contributed by atoms with Crippen molar-refractivity contribution in [3.05, 3.63) is 28.2 Å². The van der Waals surface area contributed by atoms with Crippen LogP contribution in [0.25, 0.3) is 0 Å². The zero-order valence-electron chi connectivity index (χ0n) is 10.3. The average Bonchev–Trinajstić information content (AvgIpc) is 2.35. The van der Waals surface area contributed by atoms with Crippen LogP contribution in [0.1, 0.15) is 30.9 Å². The third-order valence-electron chi connectivity index (χ3n) is 3.96. The summed E-state index contributed by atoms with van der Waals surface area (Å²) < 4.78 is 30.0. The summed E-state index contributed by atoms with van der Waals surface area (Å²) in [7, 11) is -2.93. The highest BCUT2D eigenvalue weighted by atomic mass is 79.9. The smallest absolute Gasteiger partial charge is 0.150 e. The molecule has 0 radical (unpaired) electrons. The molecule has 19 heavy (non-hydrogen) atoms. The quantitative estimate of drug-likeness (QED) is 0.782. The second-order valence-corrected chi connectivity index (χ2v) is 8.56.